The average molecular weight is 658 g/mol. The first kappa shape index (κ1) is 35.7. The number of nitrogens with one attached hydrogen (secondary N) is 1. The lowest BCUT2D eigenvalue weighted by Gasteiger charge is -2.36. The minimum atomic E-state index is -3.90. The smallest absolute Gasteiger partial charge is 0.261 e. The summed E-state index contributed by atoms with van der Waals surface area (Å²) < 4.78 is 41.5. The number of nitrogens with zero attached hydrogens (tertiary/aromatic N) is 2. The highest BCUT2D eigenvalue weighted by atomic mass is 32.2. The van der Waals surface area contributed by atoms with Crippen molar-refractivity contribution in [3.63, 3.8) is 0 Å². The second kappa shape index (κ2) is 16.6. The lowest BCUT2D eigenvalue weighted by molar-refractivity contribution is -0.137. The van der Waals surface area contributed by atoms with Gasteiger partial charge in [0.1, 0.15) is 5.75 Å². The maximum atomic E-state index is 14.3. The number of fused-ring (bicyclic) bond motifs is 1. The number of hydrogen-bond donors (Lipinski definition) is 2. The van der Waals surface area contributed by atoms with E-state index >= 15 is 0 Å². The molecule has 2 aromatic carbocycles. The molecule has 0 unspecified atom stereocenters. The summed E-state index contributed by atoms with van der Waals surface area (Å²) in [5.74, 6) is -0.0153. The quantitative estimate of drug-likeness (QED) is 0.394. The zero-order valence-corrected chi connectivity index (χ0v) is 28.5. The molecule has 2 N–H and O–H groups in total. The third kappa shape index (κ3) is 9.45. The van der Waals surface area contributed by atoms with E-state index in [2.05, 4.69) is 4.72 Å². The lowest BCUT2D eigenvalue weighted by atomic mass is 9.88. The average Bonchev–Trinajstić information content (AvgIpc) is 3.06. The number of carbonyl (C=O) groups is 2. The van der Waals surface area contributed by atoms with Gasteiger partial charge in [-0.3, -0.25) is 14.3 Å². The Bertz CT molecular complexity index is 1400. The molecule has 2 aromatic rings. The lowest BCUT2D eigenvalue weighted by Crippen LogP contribution is -2.48. The van der Waals surface area contributed by atoms with Gasteiger partial charge < -0.3 is 24.4 Å². The van der Waals surface area contributed by atoms with Gasteiger partial charge in [0, 0.05) is 44.3 Å². The minimum Gasteiger partial charge on any atom is -0.490 e. The molecule has 1 fully saturated rings. The molecular weight excluding hydrogens is 606 g/mol. The predicted octanol–water partition coefficient (Wildman–Crippen LogP) is 5.32. The molecule has 1 saturated carbocycles. The summed E-state index contributed by atoms with van der Waals surface area (Å²) in [4.78, 5) is 31.1. The van der Waals surface area contributed by atoms with Gasteiger partial charge in [0.2, 0.25) is 5.91 Å². The van der Waals surface area contributed by atoms with Crippen molar-refractivity contribution in [3.05, 3.63) is 54.1 Å². The Morgan fingerprint density at radius 2 is 1.74 bits per heavy atom. The summed E-state index contributed by atoms with van der Waals surface area (Å²) >= 11 is 0. The molecule has 4 rings (SSSR count). The zero-order chi connectivity index (χ0) is 33.3. The van der Waals surface area contributed by atoms with Gasteiger partial charge in [-0.25, -0.2) is 8.42 Å². The van der Waals surface area contributed by atoms with E-state index in [9.17, 15) is 23.1 Å². The van der Waals surface area contributed by atoms with E-state index in [-0.39, 0.29) is 65.2 Å². The fraction of sp³-hybridized carbons (Fsp3) is 0.600. The Labute approximate surface area is 274 Å². The van der Waals surface area contributed by atoms with Crippen molar-refractivity contribution in [2.24, 2.45) is 11.8 Å². The number of aliphatic hydroxyl groups is 1. The van der Waals surface area contributed by atoms with Crippen LogP contribution in [-0.2, 0) is 19.6 Å². The number of ether oxygens (including phenoxy) is 2. The van der Waals surface area contributed by atoms with Gasteiger partial charge in [0.25, 0.3) is 15.9 Å². The first-order valence-corrected chi connectivity index (χ1v) is 18.2. The molecule has 0 aromatic heterocycles. The molecule has 10 nitrogen and oxygen atoms in total. The number of amides is 2. The van der Waals surface area contributed by atoms with E-state index in [0.29, 0.717) is 18.9 Å². The normalized spacial score (nSPS) is 23.0. The predicted molar refractivity (Wildman–Crippen MR) is 178 cm³/mol. The van der Waals surface area contributed by atoms with Crippen LogP contribution in [0.2, 0.25) is 0 Å². The molecule has 0 bridgehead atoms. The SMILES string of the molecule is C[C@@H]1CCCCO[C@H](CN(C)C(=O)C2CCCCC2)[C@H](C)CN([C@@H](C)CO)C(=O)c2cc(NS(=O)(=O)c3ccccc3)ccc2O1. The third-order valence-corrected chi connectivity index (χ3v) is 10.5. The first-order valence-electron chi connectivity index (χ1n) is 16.7. The highest BCUT2D eigenvalue weighted by Crippen LogP contribution is 2.30. The number of anilines is 1. The van der Waals surface area contributed by atoms with Gasteiger partial charge in [0.05, 0.1) is 35.3 Å². The number of hydrogen-bond acceptors (Lipinski definition) is 7. The van der Waals surface area contributed by atoms with E-state index in [4.69, 9.17) is 9.47 Å². The maximum absolute atomic E-state index is 14.3. The summed E-state index contributed by atoms with van der Waals surface area (Å²) in [6.45, 7) is 6.64. The molecular formula is C35H51N3O7S. The molecule has 11 heteroatoms. The summed E-state index contributed by atoms with van der Waals surface area (Å²) in [5, 5.41) is 10.2. The Hall–Kier alpha value is -3.15. The van der Waals surface area contributed by atoms with Crippen LogP contribution in [-0.4, -0.2) is 86.7 Å². The molecule has 1 aliphatic carbocycles. The van der Waals surface area contributed by atoms with Gasteiger partial charge in [-0.1, -0.05) is 44.4 Å². The number of carbonyl (C=O) groups excluding carboxylic acids is 2. The van der Waals surface area contributed by atoms with Crippen molar-refractivity contribution in [1.29, 1.82) is 0 Å². The van der Waals surface area contributed by atoms with E-state index in [1.165, 1.54) is 24.6 Å². The fourth-order valence-electron chi connectivity index (χ4n) is 6.28. The number of aliphatic hydroxyl groups excluding tert-OH is 1. The third-order valence-electron chi connectivity index (χ3n) is 9.14. The molecule has 46 heavy (non-hydrogen) atoms. The summed E-state index contributed by atoms with van der Waals surface area (Å²) in [6.07, 6.45) is 7.05. The Balaban J connectivity index is 1.63. The van der Waals surface area contributed by atoms with Crippen LogP contribution in [0.3, 0.4) is 0 Å². The molecule has 2 aliphatic rings. The number of rotatable bonds is 8. The minimum absolute atomic E-state index is 0.0477. The van der Waals surface area contributed by atoms with Crippen LogP contribution in [0.15, 0.2) is 53.4 Å². The van der Waals surface area contributed by atoms with Crippen LogP contribution in [0, 0.1) is 11.8 Å². The molecule has 0 spiro atoms. The van der Waals surface area contributed by atoms with Crippen LogP contribution in [0.4, 0.5) is 5.69 Å². The van der Waals surface area contributed by atoms with Crippen LogP contribution in [0.25, 0.3) is 0 Å². The van der Waals surface area contributed by atoms with Crippen LogP contribution < -0.4 is 9.46 Å². The molecule has 1 aliphatic heterocycles. The van der Waals surface area contributed by atoms with E-state index in [1.807, 2.05) is 20.9 Å². The van der Waals surface area contributed by atoms with Crippen LogP contribution >= 0.6 is 0 Å². The Kier molecular flexibility index (Phi) is 12.9. The monoisotopic (exact) mass is 657 g/mol. The van der Waals surface area contributed by atoms with E-state index in [0.717, 1.165) is 44.9 Å². The molecule has 1 heterocycles. The van der Waals surface area contributed by atoms with Gasteiger partial charge >= 0.3 is 0 Å². The van der Waals surface area contributed by atoms with Crippen molar-refractivity contribution in [1.82, 2.24) is 9.80 Å². The second-order valence-corrected chi connectivity index (χ2v) is 14.7. The summed E-state index contributed by atoms with van der Waals surface area (Å²) in [6, 6.07) is 12.2. The van der Waals surface area contributed by atoms with Crippen molar-refractivity contribution in [3.8, 4) is 5.75 Å². The first-order chi connectivity index (χ1) is 22.0. The largest absolute Gasteiger partial charge is 0.490 e. The highest BCUT2D eigenvalue weighted by molar-refractivity contribution is 7.92. The molecule has 254 valence electrons. The topological polar surface area (TPSA) is 125 Å². The summed E-state index contributed by atoms with van der Waals surface area (Å²) in [7, 11) is -2.06. The van der Waals surface area contributed by atoms with Crippen LogP contribution in [0.1, 0.15) is 82.5 Å². The zero-order valence-electron chi connectivity index (χ0n) is 27.7. The standard InChI is InChI=1S/C35H51N3O7S/c1-25-22-38(26(2)24-39)35(41)31-21-29(36-46(42,43)30-16-9-6-10-17-30)18-19-32(31)45-27(3)13-11-12-20-44-33(25)23-37(4)34(40)28-14-7-5-8-15-28/h6,9-10,16-19,21,25-28,33,36,39H,5,7-8,11-15,20,22-24H2,1-4H3/t25-,26+,27-,33-/m1/s1. The second-order valence-electron chi connectivity index (χ2n) is 13.0. The number of likely N-dealkylation sites (N-methyl/N-ethyl adjacent to an activating group) is 1. The maximum Gasteiger partial charge on any atom is 0.261 e. The fourth-order valence-corrected chi connectivity index (χ4v) is 7.35. The van der Waals surface area contributed by atoms with E-state index < -0.39 is 16.1 Å². The van der Waals surface area contributed by atoms with Crippen molar-refractivity contribution < 1.29 is 32.6 Å². The van der Waals surface area contributed by atoms with Crippen molar-refractivity contribution >= 4 is 27.5 Å². The number of benzene rings is 2. The Morgan fingerprint density at radius 1 is 1.04 bits per heavy atom. The van der Waals surface area contributed by atoms with Gasteiger partial charge in [0.15, 0.2) is 0 Å². The van der Waals surface area contributed by atoms with Crippen molar-refractivity contribution in [2.45, 2.75) is 95.3 Å². The highest BCUT2D eigenvalue weighted by Gasteiger charge is 2.32. The molecule has 4 atom stereocenters. The molecule has 0 radical (unpaired) electrons. The van der Waals surface area contributed by atoms with Gasteiger partial charge in [-0.05, 0) is 76.3 Å². The van der Waals surface area contributed by atoms with Gasteiger partial charge in [-0.2, -0.15) is 0 Å². The van der Waals surface area contributed by atoms with Gasteiger partial charge in [-0.15, -0.1) is 0 Å². The molecule has 0 saturated heterocycles. The van der Waals surface area contributed by atoms with Crippen LogP contribution in [0.5, 0.6) is 5.75 Å². The Morgan fingerprint density at radius 3 is 2.43 bits per heavy atom. The molecule has 2 amide bonds. The number of sulfonamides is 1. The summed E-state index contributed by atoms with van der Waals surface area (Å²) in [5.41, 5.74) is 0.425. The van der Waals surface area contributed by atoms with Crippen molar-refractivity contribution in [2.75, 3.05) is 38.1 Å². The van der Waals surface area contributed by atoms with E-state index in [1.54, 1.807) is 47.1 Å².